The molecule has 0 spiro atoms. The molecule has 0 fully saturated rings. The van der Waals surface area contributed by atoms with Crippen molar-refractivity contribution in [1.29, 1.82) is 0 Å². The van der Waals surface area contributed by atoms with Crippen LogP contribution in [-0.2, 0) is 4.79 Å². The van der Waals surface area contributed by atoms with E-state index in [9.17, 15) is 4.79 Å². The van der Waals surface area contributed by atoms with Crippen molar-refractivity contribution in [3.63, 3.8) is 0 Å². The van der Waals surface area contributed by atoms with Gasteiger partial charge in [-0.2, -0.15) is 0 Å². The Morgan fingerprint density at radius 2 is 1.55 bits per heavy atom. The molecule has 4 rings (SSSR count). The summed E-state index contributed by atoms with van der Waals surface area (Å²) in [5.41, 5.74) is 4.40. The second-order valence-electron chi connectivity index (χ2n) is 7.38. The average Bonchev–Trinajstić information content (AvgIpc) is 2.84. The first kappa shape index (κ1) is 21.8. The van der Waals surface area contributed by atoms with Crippen molar-refractivity contribution < 1.29 is 14.3 Å². The number of aryl methyl sites for hydroxylation is 1. The van der Waals surface area contributed by atoms with Crippen LogP contribution in [0, 0.1) is 6.92 Å². The van der Waals surface area contributed by atoms with Crippen molar-refractivity contribution in [2.24, 2.45) is 0 Å². The van der Waals surface area contributed by atoms with Gasteiger partial charge < -0.3 is 20.1 Å². The number of fused-ring (bicyclic) bond motifs is 1. The minimum atomic E-state index is -0.183. The lowest BCUT2D eigenvalue weighted by atomic mass is 10.1. The average molecular weight is 441 g/mol. The summed E-state index contributed by atoms with van der Waals surface area (Å²) in [7, 11) is 3.18. The summed E-state index contributed by atoms with van der Waals surface area (Å²) < 4.78 is 10.8. The lowest BCUT2D eigenvalue weighted by Gasteiger charge is -2.12. The van der Waals surface area contributed by atoms with E-state index in [1.54, 1.807) is 20.3 Å². The first-order valence-corrected chi connectivity index (χ1v) is 10.4. The molecule has 0 aliphatic carbocycles. The lowest BCUT2D eigenvalue weighted by Crippen LogP contribution is -2.07. The van der Waals surface area contributed by atoms with Gasteiger partial charge in [-0.25, -0.2) is 9.97 Å². The monoisotopic (exact) mass is 440 g/mol. The van der Waals surface area contributed by atoms with Gasteiger partial charge in [0.2, 0.25) is 5.91 Å². The second-order valence-corrected chi connectivity index (χ2v) is 7.38. The van der Waals surface area contributed by atoms with Gasteiger partial charge in [-0.15, -0.1) is 0 Å². The van der Waals surface area contributed by atoms with E-state index in [1.807, 2.05) is 67.6 Å². The Hall–Kier alpha value is -4.39. The van der Waals surface area contributed by atoms with Gasteiger partial charge >= 0.3 is 0 Å². The van der Waals surface area contributed by atoms with E-state index in [4.69, 9.17) is 9.47 Å². The van der Waals surface area contributed by atoms with Gasteiger partial charge in [0.05, 0.1) is 19.7 Å². The van der Waals surface area contributed by atoms with E-state index in [0.717, 1.165) is 33.4 Å². The van der Waals surface area contributed by atoms with E-state index in [0.29, 0.717) is 17.3 Å². The highest BCUT2D eigenvalue weighted by atomic mass is 16.5. The third-order valence-electron chi connectivity index (χ3n) is 5.06. The molecule has 0 aliphatic rings. The van der Waals surface area contributed by atoms with Crippen molar-refractivity contribution in [3.05, 3.63) is 84.2 Å². The van der Waals surface area contributed by atoms with Crippen LogP contribution in [0.3, 0.4) is 0 Å². The summed E-state index contributed by atoms with van der Waals surface area (Å²) in [6.45, 7) is 2.01. The Kier molecular flexibility index (Phi) is 6.50. The van der Waals surface area contributed by atoms with Crippen molar-refractivity contribution in [2.75, 3.05) is 24.9 Å². The van der Waals surface area contributed by atoms with Crippen LogP contribution in [0.4, 0.5) is 17.2 Å². The lowest BCUT2D eigenvalue weighted by molar-refractivity contribution is -0.111. The highest BCUT2D eigenvalue weighted by molar-refractivity contribution is 6.02. The normalized spacial score (nSPS) is 10.9. The zero-order valence-corrected chi connectivity index (χ0v) is 18.6. The van der Waals surface area contributed by atoms with Crippen LogP contribution in [0.15, 0.2) is 73.1 Å². The van der Waals surface area contributed by atoms with E-state index in [2.05, 4.69) is 20.6 Å². The molecule has 0 unspecified atom stereocenters. The SMILES string of the molecule is COc1cc2ncnc(Nc3ccc(C=CC(=O)Nc4ccc(C)cc4)cc3)c2cc1OC. The number of aromatic nitrogens is 2. The van der Waals surface area contributed by atoms with Gasteiger partial charge in [-0.1, -0.05) is 29.8 Å². The predicted molar refractivity (Wildman–Crippen MR) is 131 cm³/mol. The molecule has 0 atom stereocenters. The zero-order valence-electron chi connectivity index (χ0n) is 18.6. The summed E-state index contributed by atoms with van der Waals surface area (Å²) in [5.74, 6) is 1.68. The number of rotatable bonds is 7. The number of carbonyl (C=O) groups excluding carboxylic acids is 1. The summed E-state index contributed by atoms with van der Waals surface area (Å²) >= 11 is 0. The molecular weight excluding hydrogens is 416 g/mol. The largest absolute Gasteiger partial charge is 0.493 e. The maximum Gasteiger partial charge on any atom is 0.248 e. The molecule has 0 saturated carbocycles. The molecule has 166 valence electrons. The summed E-state index contributed by atoms with van der Waals surface area (Å²) in [5, 5.41) is 6.97. The first-order chi connectivity index (χ1) is 16.1. The fourth-order valence-electron chi connectivity index (χ4n) is 3.29. The Morgan fingerprint density at radius 1 is 0.879 bits per heavy atom. The van der Waals surface area contributed by atoms with Crippen LogP contribution < -0.4 is 20.1 Å². The zero-order chi connectivity index (χ0) is 23.2. The van der Waals surface area contributed by atoms with Crippen molar-refractivity contribution in [3.8, 4) is 11.5 Å². The molecule has 1 aromatic heterocycles. The van der Waals surface area contributed by atoms with E-state index in [-0.39, 0.29) is 5.91 Å². The molecule has 4 aromatic rings. The van der Waals surface area contributed by atoms with Crippen molar-refractivity contribution >= 4 is 40.1 Å². The molecule has 0 bridgehead atoms. The highest BCUT2D eigenvalue weighted by Crippen LogP contribution is 2.34. The van der Waals surface area contributed by atoms with Gasteiger partial charge in [0.1, 0.15) is 12.1 Å². The Bertz CT molecular complexity index is 1300. The number of hydrogen-bond acceptors (Lipinski definition) is 6. The summed E-state index contributed by atoms with van der Waals surface area (Å²) in [4.78, 5) is 20.9. The molecule has 7 heteroatoms. The number of benzene rings is 3. The van der Waals surface area contributed by atoms with Gasteiger partial charge in [0.15, 0.2) is 11.5 Å². The minimum Gasteiger partial charge on any atom is -0.493 e. The summed E-state index contributed by atoms with van der Waals surface area (Å²) in [6.07, 6.45) is 4.78. The van der Waals surface area contributed by atoms with Crippen LogP contribution in [0.25, 0.3) is 17.0 Å². The number of ether oxygens (including phenoxy) is 2. The first-order valence-electron chi connectivity index (χ1n) is 10.4. The fourth-order valence-corrected chi connectivity index (χ4v) is 3.29. The van der Waals surface area contributed by atoms with Gasteiger partial charge in [0, 0.05) is 28.9 Å². The maximum atomic E-state index is 12.2. The van der Waals surface area contributed by atoms with Gasteiger partial charge in [-0.3, -0.25) is 4.79 Å². The molecule has 0 saturated heterocycles. The van der Waals surface area contributed by atoms with E-state index in [1.165, 1.54) is 12.4 Å². The second kappa shape index (κ2) is 9.82. The van der Waals surface area contributed by atoms with Crippen molar-refractivity contribution in [2.45, 2.75) is 6.92 Å². The fraction of sp³-hybridized carbons (Fsp3) is 0.115. The maximum absolute atomic E-state index is 12.2. The molecule has 3 aromatic carbocycles. The Labute approximate surface area is 192 Å². The topological polar surface area (TPSA) is 85.4 Å². The molecular formula is C26H24N4O3. The molecule has 7 nitrogen and oxygen atoms in total. The van der Waals surface area contributed by atoms with Crippen LogP contribution in [0.5, 0.6) is 11.5 Å². The molecule has 33 heavy (non-hydrogen) atoms. The third-order valence-corrected chi connectivity index (χ3v) is 5.06. The Morgan fingerprint density at radius 3 is 2.24 bits per heavy atom. The number of methoxy groups -OCH3 is 2. The Balaban J connectivity index is 1.46. The van der Waals surface area contributed by atoms with Crippen LogP contribution in [0.1, 0.15) is 11.1 Å². The number of carbonyl (C=O) groups is 1. The van der Waals surface area contributed by atoms with Crippen LogP contribution in [-0.4, -0.2) is 30.1 Å². The molecule has 0 aliphatic heterocycles. The van der Waals surface area contributed by atoms with Crippen LogP contribution in [0.2, 0.25) is 0 Å². The number of nitrogens with zero attached hydrogens (tertiary/aromatic N) is 2. The number of anilines is 3. The minimum absolute atomic E-state index is 0.183. The number of hydrogen-bond donors (Lipinski definition) is 2. The van der Waals surface area contributed by atoms with E-state index < -0.39 is 0 Å². The standard InChI is InChI=1S/C26H24N4O3/c1-17-4-9-19(10-5-17)29-25(31)13-8-18-6-11-20(12-7-18)30-26-21-14-23(32-2)24(33-3)15-22(21)27-16-28-26/h4-16H,1-3H3,(H,29,31)(H,27,28,30). The summed E-state index contributed by atoms with van der Waals surface area (Å²) in [6, 6.07) is 19.0. The molecule has 1 amide bonds. The smallest absolute Gasteiger partial charge is 0.248 e. The number of amides is 1. The molecule has 0 radical (unpaired) electrons. The van der Waals surface area contributed by atoms with Crippen LogP contribution >= 0.6 is 0 Å². The molecule has 2 N–H and O–H groups in total. The van der Waals surface area contributed by atoms with Gasteiger partial charge in [0.25, 0.3) is 0 Å². The molecule has 1 heterocycles. The quantitative estimate of drug-likeness (QED) is 0.377. The van der Waals surface area contributed by atoms with E-state index >= 15 is 0 Å². The number of nitrogens with one attached hydrogen (secondary N) is 2. The van der Waals surface area contributed by atoms with Crippen molar-refractivity contribution in [1.82, 2.24) is 9.97 Å². The van der Waals surface area contributed by atoms with Gasteiger partial charge in [-0.05, 0) is 48.9 Å². The third kappa shape index (κ3) is 5.27. The predicted octanol–water partition coefficient (Wildman–Crippen LogP) is 5.35. The highest BCUT2D eigenvalue weighted by Gasteiger charge is 2.11.